The van der Waals surface area contributed by atoms with Crippen LogP contribution in [-0.4, -0.2) is 45.4 Å². The highest BCUT2D eigenvalue weighted by molar-refractivity contribution is 5.96. The van der Waals surface area contributed by atoms with Crippen LogP contribution in [0.3, 0.4) is 0 Å². The molecular weight excluding hydrogens is 280 g/mol. The number of nitrogens with one attached hydrogen (secondary N) is 2. The summed E-state index contributed by atoms with van der Waals surface area (Å²) < 4.78 is 10.9. The van der Waals surface area contributed by atoms with Crippen LogP contribution in [0, 0.1) is 5.92 Å². The lowest BCUT2D eigenvalue weighted by Gasteiger charge is -2.13. The highest BCUT2D eigenvalue weighted by Crippen LogP contribution is 2.18. The minimum absolute atomic E-state index is 0.0713. The lowest BCUT2D eigenvalue weighted by molar-refractivity contribution is 0.0934. The molecule has 1 fully saturated rings. The van der Waals surface area contributed by atoms with E-state index in [1.807, 2.05) is 25.1 Å². The number of para-hydroxylation sites is 1. The lowest BCUT2D eigenvalue weighted by Crippen LogP contribution is -2.27. The predicted molar refractivity (Wildman–Crippen MR) is 86.4 cm³/mol. The molecule has 5 heteroatoms. The molecule has 1 amide bonds. The normalized spacial score (nSPS) is 17.4. The highest BCUT2D eigenvalue weighted by atomic mass is 16.5. The van der Waals surface area contributed by atoms with E-state index >= 15 is 0 Å². The fourth-order valence-electron chi connectivity index (χ4n) is 2.58. The number of ether oxygens (including phenoxy) is 2. The van der Waals surface area contributed by atoms with E-state index in [2.05, 4.69) is 10.6 Å². The molecule has 0 aromatic heterocycles. The van der Waals surface area contributed by atoms with Crippen LogP contribution in [0.5, 0.6) is 5.75 Å². The van der Waals surface area contributed by atoms with E-state index in [1.54, 1.807) is 6.07 Å². The van der Waals surface area contributed by atoms with Gasteiger partial charge in [-0.25, -0.2) is 0 Å². The van der Waals surface area contributed by atoms with Crippen molar-refractivity contribution in [2.45, 2.75) is 19.8 Å². The van der Waals surface area contributed by atoms with E-state index < -0.39 is 0 Å². The third-order valence-corrected chi connectivity index (χ3v) is 3.82. The lowest BCUT2D eigenvalue weighted by atomic mass is 10.1. The molecular formula is C17H26N2O3. The molecule has 1 aromatic carbocycles. The average Bonchev–Trinajstić information content (AvgIpc) is 3.05. The van der Waals surface area contributed by atoms with Crippen molar-refractivity contribution in [3.8, 4) is 5.75 Å². The first kappa shape index (κ1) is 16.8. The average molecular weight is 306 g/mol. The minimum atomic E-state index is -0.0713. The van der Waals surface area contributed by atoms with Gasteiger partial charge in [0.2, 0.25) is 0 Å². The Bertz CT molecular complexity index is 459. The summed E-state index contributed by atoms with van der Waals surface area (Å²) in [6, 6.07) is 7.34. The smallest absolute Gasteiger partial charge is 0.255 e. The quantitative estimate of drug-likeness (QED) is 0.683. The molecule has 1 aliphatic heterocycles. The van der Waals surface area contributed by atoms with Crippen molar-refractivity contribution in [2.24, 2.45) is 5.92 Å². The number of hydrogen-bond acceptors (Lipinski definition) is 4. The molecule has 122 valence electrons. The SMILES string of the molecule is CCOCCOc1ccccc1C(=O)NCCC1CCNC1. The standard InChI is InChI=1S/C17H26N2O3/c1-2-21-11-12-22-16-6-4-3-5-15(16)17(20)19-10-8-14-7-9-18-13-14/h3-6,14,18H,2,7-13H2,1H3,(H,19,20). The van der Waals surface area contributed by atoms with Gasteiger partial charge in [-0.2, -0.15) is 0 Å². The summed E-state index contributed by atoms with van der Waals surface area (Å²) in [5.41, 5.74) is 0.587. The largest absolute Gasteiger partial charge is 0.490 e. The minimum Gasteiger partial charge on any atom is -0.490 e. The maximum absolute atomic E-state index is 12.3. The molecule has 0 spiro atoms. The van der Waals surface area contributed by atoms with Crippen molar-refractivity contribution >= 4 is 5.91 Å². The topological polar surface area (TPSA) is 59.6 Å². The van der Waals surface area contributed by atoms with Crippen LogP contribution >= 0.6 is 0 Å². The highest BCUT2D eigenvalue weighted by Gasteiger charge is 2.15. The summed E-state index contributed by atoms with van der Waals surface area (Å²) in [7, 11) is 0. The number of carbonyl (C=O) groups is 1. The Morgan fingerprint density at radius 3 is 3.00 bits per heavy atom. The molecule has 1 saturated heterocycles. The van der Waals surface area contributed by atoms with Gasteiger partial charge in [-0.15, -0.1) is 0 Å². The number of hydrogen-bond donors (Lipinski definition) is 2. The second-order valence-electron chi connectivity index (χ2n) is 5.44. The molecule has 1 atom stereocenters. The maximum Gasteiger partial charge on any atom is 0.255 e. The Morgan fingerprint density at radius 1 is 1.36 bits per heavy atom. The maximum atomic E-state index is 12.3. The Labute approximate surface area is 132 Å². The number of carbonyl (C=O) groups excluding carboxylic acids is 1. The van der Waals surface area contributed by atoms with Gasteiger partial charge in [0.05, 0.1) is 12.2 Å². The predicted octanol–water partition coefficient (Wildman–Crippen LogP) is 1.83. The van der Waals surface area contributed by atoms with Crippen molar-refractivity contribution in [1.82, 2.24) is 10.6 Å². The molecule has 0 aliphatic carbocycles. The monoisotopic (exact) mass is 306 g/mol. The second kappa shape index (κ2) is 9.43. The third-order valence-electron chi connectivity index (χ3n) is 3.82. The van der Waals surface area contributed by atoms with Gasteiger partial charge in [0.25, 0.3) is 5.91 Å². The van der Waals surface area contributed by atoms with Crippen molar-refractivity contribution in [2.75, 3.05) is 39.5 Å². The van der Waals surface area contributed by atoms with E-state index in [-0.39, 0.29) is 5.91 Å². The van der Waals surface area contributed by atoms with E-state index in [0.29, 0.717) is 43.6 Å². The molecule has 0 bridgehead atoms. The fraction of sp³-hybridized carbons (Fsp3) is 0.588. The van der Waals surface area contributed by atoms with Crippen molar-refractivity contribution in [1.29, 1.82) is 0 Å². The van der Waals surface area contributed by atoms with Crippen LogP contribution in [0.2, 0.25) is 0 Å². The zero-order chi connectivity index (χ0) is 15.6. The Morgan fingerprint density at radius 2 is 2.23 bits per heavy atom. The summed E-state index contributed by atoms with van der Waals surface area (Å²) >= 11 is 0. The van der Waals surface area contributed by atoms with Crippen LogP contribution < -0.4 is 15.4 Å². The first-order valence-electron chi connectivity index (χ1n) is 8.09. The van der Waals surface area contributed by atoms with Crippen LogP contribution in [0.1, 0.15) is 30.1 Å². The van der Waals surface area contributed by atoms with Gasteiger partial charge in [-0.05, 0) is 50.9 Å². The van der Waals surface area contributed by atoms with Gasteiger partial charge < -0.3 is 20.1 Å². The van der Waals surface area contributed by atoms with E-state index in [1.165, 1.54) is 6.42 Å². The van der Waals surface area contributed by atoms with E-state index in [0.717, 1.165) is 19.5 Å². The van der Waals surface area contributed by atoms with E-state index in [9.17, 15) is 4.79 Å². The van der Waals surface area contributed by atoms with Gasteiger partial charge in [-0.1, -0.05) is 12.1 Å². The Kier molecular flexibility index (Phi) is 7.19. The summed E-state index contributed by atoms with van der Waals surface area (Å²) in [6.45, 7) is 6.45. The number of benzene rings is 1. The molecule has 2 rings (SSSR count). The van der Waals surface area contributed by atoms with Crippen molar-refractivity contribution < 1.29 is 14.3 Å². The van der Waals surface area contributed by atoms with Gasteiger partial charge in [-0.3, -0.25) is 4.79 Å². The number of amides is 1. The second-order valence-corrected chi connectivity index (χ2v) is 5.44. The van der Waals surface area contributed by atoms with Gasteiger partial charge >= 0.3 is 0 Å². The van der Waals surface area contributed by atoms with Gasteiger partial charge in [0, 0.05) is 13.2 Å². The first-order valence-corrected chi connectivity index (χ1v) is 8.09. The molecule has 22 heavy (non-hydrogen) atoms. The molecule has 2 N–H and O–H groups in total. The summed E-state index contributed by atoms with van der Waals surface area (Å²) in [4.78, 5) is 12.3. The Hall–Kier alpha value is -1.59. The molecule has 0 saturated carbocycles. The molecule has 1 heterocycles. The third kappa shape index (κ3) is 5.31. The van der Waals surface area contributed by atoms with Crippen molar-refractivity contribution in [3.63, 3.8) is 0 Å². The van der Waals surface area contributed by atoms with E-state index in [4.69, 9.17) is 9.47 Å². The molecule has 1 aromatic rings. The van der Waals surface area contributed by atoms with Crippen LogP contribution in [0.15, 0.2) is 24.3 Å². The molecule has 1 aliphatic rings. The molecule has 1 unspecified atom stereocenters. The van der Waals surface area contributed by atoms with Crippen LogP contribution in [-0.2, 0) is 4.74 Å². The summed E-state index contributed by atoms with van der Waals surface area (Å²) in [6.07, 6.45) is 2.22. The van der Waals surface area contributed by atoms with Crippen LogP contribution in [0.4, 0.5) is 0 Å². The zero-order valence-corrected chi connectivity index (χ0v) is 13.3. The van der Waals surface area contributed by atoms with Crippen LogP contribution in [0.25, 0.3) is 0 Å². The summed E-state index contributed by atoms with van der Waals surface area (Å²) in [5.74, 6) is 1.22. The first-order chi connectivity index (χ1) is 10.8. The molecule has 5 nitrogen and oxygen atoms in total. The number of rotatable bonds is 9. The zero-order valence-electron chi connectivity index (χ0n) is 13.3. The Balaban J connectivity index is 1.80. The van der Waals surface area contributed by atoms with Crippen molar-refractivity contribution in [3.05, 3.63) is 29.8 Å². The fourth-order valence-corrected chi connectivity index (χ4v) is 2.58. The molecule has 0 radical (unpaired) electrons. The van der Waals surface area contributed by atoms with Gasteiger partial charge in [0.15, 0.2) is 0 Å². The summed E-state index contributed by atoms with van der Waals surface area (Å²) in [5, 5.41) is 6.33. The van der Waals surface area contributed by atoms with Gasteiger partial charge in [0.1, 0.15) is 12.4 Å².